The van der Waals surface area contributed by atoms with Crippen molar-refractivity contribution in [3.8, 4) is 11.5 Å². The summed E-state index contributed by atoms with van der Waals surface area (Å²) < 4.78 is 12.3. The van der Waals surface area contributed by atoms with Gasteiger partial charge < -0.3 is 14.6 Å². The Morgan fingerprint density at radius 3 is 2.50 bits per heavy atom. The third kappa shape index (κ3) is 5.77. The van der Waals surface area contributed by atoms with Crippen molar-refractivity contribution in [1.82, 2.24) is 5.32 Å². The molecule has 0 aliphatic heterocycles. The van der Waals surface area contributed by atoms with Crippen LogP contribution in [0.25, 0.3) is 0 Å². The lowest BCUT2D eigenvalue weighted by molar-refractivity contribution is -0.140. The Labute approximate surface area is 183 Å². The van der Waals surface area contributed by atoms with Crippen molar-refractivity contribution >= 4 is 45.1 Å². The Bertz CT molecular complexity index is 845. The van der Waals surface area contributed by atoms with E-state index in [0.29, 0.717) is 28.1 Å². The Hall–Kier alpha value is -1.47. The molecule has 0 aliphatic rings. The molecule has 2 rings (SSSR count). The summed E-state index contributed by atoms with van der Waals surface area (Å²) in [5.41, 5.74) is 1.62. The molecule has 2 N–H and O–H groups in total. The second-order valence-electron chi connectivity index (χ2n) is 6.54. The van der Waals surface area contributed by atoms with Crippen LogP contribution in [0, 0.1) is 5.92 Å². The number of carboxylic acids is 1. The van der Waals surface area contributed by atoms with E-state index >= 15 is 0 Å². The lowest BCUT2D eigenvalue weighted by atomic mass is 10.0. The van der Waals surface area contributed by atoms with Gasteiger partial charge in [0.1, 0.15) is 12.6 Å². The van der Waals surface area contributed by atoms with Crippen LogP contribution in [0.5, 0.6) is 11.5 Å². The molecule has 2 aromatic carbocycles. The van der Waals surface area contributed by atoms with Crippen LogP contribution in [0.2, 0.25) is 10.0 Å². The van der Waals surface area contributed by atoms with Crippen molar-refractivity contribution in [2.24, 2.45) is 5.92 Å². The highest BCUT2D eigenvalue weighted by molar-refractivity contribution is 9.10. The number of hydrogen-bond donors (Lipinski definition) is 2. The van der Waals surface area contributed by atoms with Crippen LogP contribution in [0.1, 0.15) is 25.0 Å². The minimum Gasteiger partial charge on any atom is -0.493 e. The van der Waals surface area contributed by atoms with Crippen molar-refractivity contribution in [3.05, 3.63) is 56.0 Å². The average molecular weight is 491 g/mol. The number of carbonyl (C=O) groups is 1. The minimum absolute atomic E-state index is 0.0672. The van der Waals surface area contributed by atoms with Gasteiger partial charge >= 0.3 is 5.97 Å². The van der Waals surface area contributed by atoms with Crippen LogP contribution in [0.3, 0.4) is 0 Å². The van der Waals surface area contributed by atoms with Crippen LogP contribution in [0.15, 0.2) is 34.8 Å². The fraction of sp³-hybridized carbons (Fsp3) is 0.350. The van der Waals surface area contributed by atoms with Gasteiger partial charge in [-0.3, -0.25) is 10.1 Å². The normalized spacial score (nSPS) is 12.1. The fourth-order valence-electron chi connectivity index (χ4n) is 2.67. The summed E-state index contributed by atoms with van der Waals surface area (Å²) in [6, 6.07) is 8.23. The van der Waals surface area contributed by atoms with Gasteiger partial charge in [-0.1, -0.05) is 59.0 Å². The van der Waals surface area contributed by atoms with Crippen LogP contribution >= 0.6 is 39.1 Å². The van der Waals surface area contributed by atoms with E-state index in [9.17, 15) is 9.90 Å². The number of benzene rings is 2. The third-order valence-electron chi connectivity index (χ3n) is 4.19. The van der Waals surface area contributed by atoms with Gasteiger partial charge in [0.2, 0.25) is 0 Å². The van der Waals surface area contributed by atoms with Crippen molar-refractivity contribution in [1.29, 1.82) is 0 Å². The molecule has 0 radical (unpaired) electrons. The summed E-state index contributed by atoms with van der Waals surface area (Å²) in [5.74, 6) is 0.120. The number of carboxylic acid groups (broad SMARTS) is 1. The van der Waals surface area contributed by atoms with E-state index in [-0.39, 0.29) is 12.5 Å². The van der Waals surface area contributed by atoms with E-state index in [1.54, 1.807) is 25.3 Å². The number of rotatable bonds is 9. The molecule has 0 amide bonds. The molecule has 0 bridgehead atoms. The lowest BCUT2D eigenvalue weighted by Crippen LogP contribution is -2.40. The van der Waals surface area contributed by atoms with E-state index in [1.807, 2.05) is 26.0 Å². The Morgan fingerprint density at radius 1 is 1.21 bits per heavy atom. The number of ether oxygens (including phenoxy) is 2. The molecule has 28 heavy (non-hydrogen) atoms. The van der Waals surface area contributed by atoms with Gasteiger partial charge in [-0.15, -0.1) is 0 Å². The summed E-state index contributed by atoms with van der Waals surface area (Å²) in [6.45, 7) is 4.26. The lowest BCUT2D eigenvalue weighted by Gasteiger charge is -2.21. The Morgan fingerprint density at radius 2 is 1.93 bits per heavy atom. The van der Waals surface area contributed by atoms with Crippen LogP contribution < -0.4 is 14.8 Å². The number of nitrogens with one attached hydrogen (secondary N) is 1. The predicted octanol–water partition coefficient (Wildman–Crippen LogP) is 5.54. The van der Waals surface area contributed by atoms with E-state index in [4.69, 9.17) is 32.7 Å². The summed E-state index contributed by atoms with van der Waals surface area (Å²) in [4.78, 5) is 11.5. The second kappa shape index (κ2) is 10.3. The van der Waals surface area contributed by atoms with E-state index in [1.165, 1.54) is 0 Å². The largest absolute Gasteiger partial charge is 0.493 e. The monoisotopic (exact) mass is 489 g/mol. The highest BCUT2D eigenvalue weighted by Gasteiger charge is 2.23. The number of aliphatic carboxylic acids is 1. The van der Waals surface area contributed by atoms with Gasteiger partial charge in [-0.2, -0.15) is 0 Å². The van der Waals surface area contributed by atoms with Crippen LogP contribution in [-0.2, 0) is 17.9 Å². The minimum atomic E-state index is -0.896. The quantitative estimate of drug-likeness (QED) is 0.482. The maximum absolute atomic E-state index is 11.5. The van der Waals surface area contributed by atoms with Crippen molar-refractivity contribution in [2.45, 2.75) is 33.0 Å². The molecule has 0 fully saturated rings. The zero-order valence-corrected chi connectivity index (χ0v) is 18.9. The number of methoxy groups -OCH3 is 1. The molecule has 8 heteroatoms. The standard InChI is InChI=1S/C20H22BrCl2NO4/c1-11(2)18(20(25)26)24-9-13-14(21)5-7-17(27-3)19(13)28-10-12-4-6-15(22)16(23)8-12/h4-8,11,18,24H,9-10H2,1-3H3,(H,25,26). The highest BCUT2D eigenvalue weighted by atomic mass is 79.9. The maximum Gasteiger partial charge on any atom is 0.320 e. The van der Waals surface area contributed by atoms with E-state index in [2.05, 4.69) is 21.2 Å². The molecule has 0 aliphatic carbocycles. The topological polar surface area (TPSA) is 67.8 Å². The zero-order chi connectivity index (χ0) is 20.8. The van der Waals surface area contributed by atoms with Crippen molar-refractivity contribution < 1.29 is 19.4 Å². The predicted molar refractivity (Wildman–Crippen MR) is 115 cm³/mol. The van der Waals surface area contributed by atoms with Gasteiger partial charge in [-0.05, 0) is 35.7 Å². The van der Waals surface area contributed by atoms with Gasteiger partial charge in [0, 0.05) is 16.6 Å². The molecular formula is C20H22BrCl2NO4. The molecule has 152 valence electrons. The number of hydrogen-bond acceptors (Lipinski definition) is 4. The fourth-order valence-corrected chi connectivity index (χ4v) is 3.44. The Kier molecular flexibility index (Phi) is 8.43. The molecule has 0 saturated heterocycles. The Balaban J connectivity index is 2.27. The van der Waals surface area contributed by atoms with E-state index in [0.717, 1.165) is 15.6 Å². The van der Waals surface area contributed by atoms with Gasteiger partial charge in [0.05, 0.1) is 17.2 Å². The summed E-state index contributed by atoms with van der Waals surface area (Å²) in [5, 5.41) is 13.4. The van der Waals surface area contributed by atoms with Gasteiger partial charge in [-0.25, -0.2) is 0 Å². The molecule has 1 unspecified atom stereocenters. The molecule has 0 heterocycles. The molecule has 0 spiro atoms. The third-order valence-corrected chi connectivity index (χ3v) is 5.67. The first-order chi connectivity index (χ1) is 13.2. The SMILES string of the molecule is COc1ccc(Br)c(CNC(C(=O)O)C(C)C)c1OCc1ccc(Cl)c(Cl)c1. The zero-order valence-electron chi connectivity index (χ0n) is 15.8. The highest BCUT2D eigenvalue weighted by Crippen LogP contribution is 2.37. The second-order valence-corrected chi connectivity index (χ2v) is 8.20. The molecule has 1 atom stereocenters. The molecular weight excluding hydrogens is 469 g/mol. The molecule has 0 saturated carbocycles. The first-order valence-corrected chi connectivity index (χ1v) is 10.2. The van der Waals surface area contributed by atoms with Crippen molar-refractivity contribution in [3.63, 3.8) is 0 Å². The van der Waals surface area contributed by atoms with Crippen LogP contribution in [0.4, 0.5) is 0 Å². The molecule has 5 nitrogen and oxygen atoms in total. The number of halogens is 3. The summed E-state index contributed by atoms with van der Waals surface area (Å²) in [7, 11) is 1.56. The van der Waals surface area contributed by atoms with E-state index < -0.39 is 12.0 Å². The smallest absolute Gasteiger partial charge is 0.320 e. The summed E-state index contributed by atoms with van der Waals surface area (Å²) >= 11 is 15.5. The van der Waals surface area contributed by atoms with Crippen molar-refractivity contribution in [2.75, 3.05) is 7.11 Å². The van der Waals surface area contributed by atoms with Crippen LogP contribution in [-0.4, -0.2) is 24.2 Å². The molecule has 2 aromatic rings. The first-order valence-electron chi connectivity index (χ1n) is 8.62. The first kappa shape index (κ1) is 22.8. The summed E-state index contributed by atoms with van der Waals surface area (Å²) in [6.07, 6.45) is 0. The van der Waals surface area contributed by atoms with Gasteiger partial charge in [0.25, 0.3) is 0 Å². The van der Waals surface area contributed by atoms with Gasteiger partial charge in [0.15, 0.2) is 11.5 Å². The maximum atomic E-state index is 11.5. The molecule has 0 aromatic heterocycles. The average Bonchev–Trinajstić information content (AvgIpc) is 2.63.